The molecule has 0 radical (unpaired) electrons. The van der Waals surface area contributed by atoms with Crippen LogP contribution in [0.25, 0.3) is 6.08 Å². The van der Waals surface area contributed by atoms with Crippen LogP contribution in [0.1, 0.15) is 22.3 Å². The lowest BCUT2D eigenvalue weighted by molar-refractivity contribution is -0.116. The predicted molar refractivity (Wildman–Crippen MR) is 160 cm³/mol. The van der Waals surface area contributed by atoms with Gasteiger partial charge >= 0.3 is 0 Å². The number of carbonyl (C=O) groups excluding carboxylic acids is 1. The summed E-state index contributed by atoms with van der Waals surface area (Å²) in [7, 11) is 4.76. The average molecular weight is 554 g/mol. The summed E-state index contributed by atoms with van der Waals surface area (Å²) in [5.41, 5.74) is 3.88. The van der Waals surface area contributed by atoms with Crippen LogP contribution in [0.5, 0.6) is 28.7 Å². The molecule has 0 atom stereocenters. The van der Waals surface area contributed by atoms with E-state index < -0.39 is 0 Å². The minimum Gasteiger partial charge on any atom is -0.493 e. The third-order valence-electron chi connectivity index (χ3n) is 6.31. The van der Waals surface area contributed by atoms with Crippen LogP contribution in [0.3, 0.4) is 0 Å². The van der Waals surface area contributed by atoms with Crippen molar-refractivity contribution in [3.05, 3.63) is 119 Å². The van der Waals surface area contributed by atoms with Gasteiger partial charge in [-0.05, 0) is 59.0 Å². The Morgan fingerprint density at radius 3 is 1.83 bits per heavy atom. The molecule has 4 rings (SSSR count). The maximum Gasteiger partial charge on any atom is 0.244 e. The average Bonchev–Trinajstić information content (AvgIpc) is 3.02. The van der Waals surface area contributed by atoms with E-state index in [0.29, 0.717) is 54.9 Å². The molecule has 0 aliphatic heterocycles. The molecule has 4 aromatic rings. The van der Waals surface area contributed by atoms with Gasteiger partial charge in [-0.2, -0.15) is 0 Å². The van der Waals surface area contributed by atoms with Crippen molar-refractivity contribution < 1.29 is 28.5 Å². The van der Waals surface area contributed by atoms with Crippen molar-refractivity contribution in [3.63, 3.8) is 0 Å². The third kappa shape index (κ3) is 8.54. The summed E-state index contributed by atoms with van der Waals surface area (Å²) in [4.78, 5) is 12.5. The van der Waals surface area contributed by atoms with E-state index in [-0.39, 0.29) is 5.91 Å². The van der Waals surface area contributed by atoms with Crippen molar-refractivity contribution in [3.8, 4) is 28.7 Å². The summed E-state index contributed by atoms with van der Waals surface area (Å²) < 4.78 is 28.5. The Bertz CT molecular complexity index is 1410. The van der Waals surface area contributed by atoms with E-state index >= 15 is 0 Å². The Labute approximate surface area is 241 Å². The van der Waals surface area contributed by atoms with Crippen molar-refractivity contribution in [1.29, 1.82) is 0 Å². The summed E-state index contributed by atoms with van der Waals surface area (Å²) in [5, 5.41) is 2.93. The first kappa shape index (κ1) is 29.1. The molecule has 0 fully saturated rings. The van der Waals surface area contributed by atoms with Gasteiger partial charge in [0.1, 0.15) is 13.2 Å². The van der Waals surface area contributed by atoms with Crippen LogP contribution in [0.2, 0.25) is 0 Å². The molecule has 0 unspecified atom stereocenters. The maximum absolute atomic E-state index is 12.5. The molecule has 1 N–H and O–H groups in total. The van der Waals surface area contributed by atoms with E-state index in [9.17, 15) is 4.79 Å². The summed E-state index contributed by atoms with van der Waals surface area (Å²) in [6.45, 7) is 1.28. The zero-order valence-corrected chi connectivity index (χ0v) is 23.6. The third-order valence-corrected chi connectivity index (χ3v) is 6.31. The standard InChI is InChI=1S/C34H35NO6/c1-37-29-16-14-25(20-30(29)40-23-26-10-6-4-7-11-26)18-19-35-33(36)17-15-28-21-31(38-2)34(32(22-28)39-3)41-24-27-12-8-5-9-13-27/h4-17,20-22H,18-19,23-24H2,1-3H3,(H,35,36)/b17-15+. The number of methoxy groups -OCH3 is 3. The highest BCUT2D eigenvalue weighted by Gasteiger charge is 2.14. The first-order valence-electron chi connectivity index (χ1n) is 13.3. The number of benzene rings is 4. The molecule has 0 saturated heterocycles. The van der Waals surface area contributed by atoms with Gasteiger partial charge in [0, 0.05) is 12.6 Å². The molecule has 212 valence electrons. The number of rotatable bonds is 14. The smallest absolute Gasteiger partial charge is 0.244 e. The van der Waals surface area contributed by atoms with Gasteiger partial charge < -0.3 is 29.0 Å². The minimum atomic E-state index is -0.207. The molecule has 0 spiro atoms. The van der Waals surface area contributed by atoms with Gasteiger partial charge in [-0.25, -0.2) is 0 Å². The second-order valence-corrected chi connectivity index (χ2v) is 9.16. The number of carbonyl (C=O) groups is 1. The van der Waals surface area contributed by atoms with Crippen molar-refractivity contribution in [2.24, 2.45) is 0 Å². The van der Waals surface area contributed by atoms with Crippen LogP contribution >= 0.6 is 0 Å². The zero-order valence-electron chi connectivity index (χ0n) is 23.6. The fraction of sp³-hybridized carbons (Fsp3) is 0.206. The lowest BCUT2D eigenvalue weighted by Crippen LogP contribution is -2.23. The van der Waals surface area contributed by atoms with Gasteiger partial charge in [0.15, 0.2) is 23.0 Å². The maximum atomic E-state index is 12.5. The molecule has 0 aromatic heterocycles. The van der Waals surface area contributed by atoms with E-state index in [1.165, 1.54) is 6.08 Å². The first-order valence-corrected chi connectivity index (χ1v) is 13.3. The number of hydrogen-bond acceptors (Lipinski definition) is 6. The van der Waals surface area contributed by atoms with Crippen LogP contribution in [-0.2, 0) is 24.4 Å². The van der Waals surface area contributed by atoms with Crippen LogP contribution in [0, 0.1) is 0 Å². The summed E-state index contributed by atoms with van der Waals surface area (Å²) >= 11 is 0. The molecule has 1 amide bonds. The molecule has 4 aromatic carbocycles. The lowest BCUT2D eigenvalue weighted by atomic mass is 10.1. The molecule has 7 nitrogen and oxygen atoms in total. The molecule has 0 heterocycles. The quantitative estimate of drug-likeness (QED) is 0.186. The second-order valence-electron chi connectivity index (χ2n) is 9.16. The zero-order chi connectivity index (χ0) is 28.9. The van der Waals surface area contributed by atoms with E-state index in [4.69, 9.17) is 23.7 Å². The van der Waals surface area contributed by atoms with Gasteiger partial charge in [-0.3, -0.25) is 4.79 Å². The topological polar surface area (TPSA) is 75.3 Å². The summed E-state index contributed by atoms with van der Waals surface area (Å²) in [6, 6.07) is 29.2. The van der Waals surface area contributed by atoms with Crippen molar-refractivity contribution in [1.82, 2.24) is 5.32 Å². The van der Waals surface area contributed by atoms with Crippen molar-refractivity contribution in [2.75, 3.05) is 27.9 Å². The summed E-state index contributed by atoms with van der Waals surface area (Å²) in [5.74, 6) is 2.67. The lowest BCUT2D eigenvalue weighted by Gasteiger charge is -2.15. The van der Waals surface area contributed by atoms with Crippen LogP contribution in [0.15, 0.2) is 97.1 Å². The Morgan fingerprint density at radius 2 is 1.24 bits per heavy atom. The van der Waals surface area contributed by atoms with Crippen LogP contribution < -0.4 is 29.0 Å². The SMILES string of the molecule is COc1ccc(CCNC(=O)/C=C/c2cc(OC)c(OCc3ccccc3)c(OC)c2)cc1OCc1ccccc1. The second kappa shape index (κ2) is 15.0. The largest absolute Gasteiger partial charge is 0.493 e. The number of ether oxygens (including phenoxy) is 5. The number of nitrogens with one attached hydrogen (secondary N) is 1. The van der Waals surface area contributed by atoms with Gasteiger partial charge in [0.05, 0.1) is 21.3 Å². The Hall–Kier alpha value is -4.91. The van der Waals surface area contributed by atoms with Crippen LogP contribution in [-0.4, -0.2) is 33.8 Å². The molecular weight excluding hydrogens is 518 g/mol. The van der Waals surface area contributed by atoms with Gasteiger partial charge in [0.2, 0.25) is 11.7 Å². The molecule has 41 heavy (non-hydrogen) atoms. The Balaban J connectivity index is 1.33. The highest BCUT2D eigenvalue weighted by molar-refractivity contribution is 5.91. The molecule has 0 bridgehead atoms. The van der Waals surface area contributed by atoms with Gasteiger partial charge in [-0.1, -0.05) is 66.7 Å². The molecule has 0 aliphatic rings. The number of hydrogen-bond donors (Lipinski definition) is 1. The monoisotopic (exact) mass is 553 g/mol. The van der Waals surface area contributed by atoms with Crippen LogP contribution in [0.4, 0.5) is 0 Å². The minimum absolute atomic E-state index is 0.207. The van der Waals surface area contributed by atoms with E-state index in [0.717, 1.165) is 22.3 Å². The fourth-order valence-electron chi connectivity index (χ4n) is 4.15. The van der Waals surface area contributed by atoms with E-state index in [2.05, 4.69) is 5.32 Å². The summed E-state index contributed by atoms with van der Waals surface area (Å²) in [6.07, 6.45) is 3.84. The van der Waals surface area contributed by atoms with E-state index in [1.807, 2.05) is 78.9 Å². The molecular formula is C34H35NO6. The predicted octanol–water partition coefficient (Wildman–Crippen LogP) is 6.24. The fourth-order valence-corrected chi connectivity index (χ4v) is 4.15. The highest BCUT2D eigenvalue weighted by atomic mass is 16.5. The first-order chi connectivity index (χ1) is 20.1. The Morgan fingerprint density at radius 1 is 0.659 bits per heavy atom. The van der Waals surface area contributed by atoms with E-state index in [1.54, 1.807) is 39.5 Å². The van der Waals surface area contributed by atoms with Gasteiger partial charge in [-0.15, -0.1) is 0 Å². The molecule has 0 aliphatic carbocycles. The molecule has 0 saturated carbocycles. The Kier molecular flexibility index (Phi) is 10.7. The normalized spacial score (nSPS) is 10.7. The highest BCUT2D eigenvalue weighted by Crippen LogP contribution is 2.39. The van der Waals surface area contributed by atoms with Crippen molar-refractivity contribution >= 4 is 12.0 Å². The number of amides is 1. The van der Waals surface area contributed by atoms with Crippen molar-refractivity contribution in [2.45, 2.75) is 19.6 Å². The molecule has 7 heteroatoms. The van der Waals surface area contributed by atoms with Gasteiger partial charge in [0.25, 0.3) is 0 Å².